The van der Waals surface area contributed by atoms with Gasteiger partial charge in [0.25, 0.3) is 0 Å². The lowest BCUT2D eigenvalue weighted by molar-refractivity contribution is -0.174. The second-order valence-corrected chi connectivity index (χ2v) is 3.29. The van der Waals surface area contributed by atoms with Gasteiger partial charge in [0.2, 0.25) is 5.91 Å². The molecule has 1 amide bonds. The molecule has 0 aromatic rings. The Morgan fingerprint density at radius 1 is 1.56 bits per heavy atom. The average molecular weight is 237 g/mol. The minimum absolute atomic E-state index is 0.106. The van der Waals surface area contributed by atoms with E-state index in [1.165, 1.54) is 0 Å². The SMILES string of the molecule is C#CCC(C)NC(=O)CCOCC(F)(F)F. The van der Waals surface area contributed by atoms with E-state index in [0.29, 0.717) is 6.42 Å². The van der Waals surface area contributed by atoms with Crippen LogP contribution < -0.4 is 5.32 Å². The predicted octanol–water partition coefficient (Wildman–Crippen LogP) is 1.48. The molecule has 0 rings (SSSR count). The van der Waals surface area contributed by atoms with Gasteiger partial charge >= 0.3 is 6.18 Å². The van der Waals surface area contributed by atoms with Crippen molar-refractivity contribution in [2.75, 3.05) is 13.2 Å². The van der Waals surface area contributed by atoms with Crippen molar-refractivity contribution in [1.29, 1.82) is 0 Å². The van der Waals surface area contributed by atoms with E-state index < -0.39 is 12.8 Å². The molecule has 92 valence electrons. The first-order valence-corrected chi connectivity index (χ1v) is 4.72. The number of nitrogens with one attached hydrogen (secondary N) is 1. The molecule has 0 spiro atoms. The molecule has 0 fully saturated rings. The molecule has 1 unspecified atom stereocenters. The summed E-state index contributed by atoms with van der Waals surface area (Å²) < 4.78 is 39.2. The summed E-state index contributed by atoms with van der Waals surface area (Å²) in [5.74, 6) is 1.99. The van der Waals surface area contributed by atoms with E-state index in [1.807, 2.05) is 0 Å². The van der Waals surface area contributed by atoms with E-state index in [2.05, 4.69) is 16.0 Å². The summed E-state index contributed by atoms with van der Waals surface area (Å²) in [6.07, 6.45) is 0.948. The molecule has 6 heteroatoms. The highest BCUT2D eigenvalue weighted by Gasteiger charge is 2.27. The van der Waals surface area contributed by atoms with Gasteiger partial charge in [0.15, 0.2) is 0 Å². The summed E-state index contributed by atoms with van der Waals surface area (Å²) in [6.45, 7) is 0.128. The van der Waals surface area contributed by atoms with Crippen molar-refractivity contribution in [1.82, 2.24) is 5.32 Å². The van der Waals surface area contributed by atoms with Gasteiger partial charge in [-0.3, -0.25) is 4.79 Å². The van der Waals surface area contributed by atoms with Crippen LogP contribution in [0.3, 0.4) is 0 Å². The number of carbonyl (C=O) groups excluding carboxylic acids is 1. The number of ether oxygens (including phenoxy) is 1. The third kappa shape index (κ3) is 9.34. The van der Waals surface area contributed by atoms with Gasteiger partial charge in [-0.15, -0.1) is 12.3 Å². The van der Waals surface area contributed by atoms with Crippen LogP contribution in [0.1, 0.15) is 19.8 Å². The molecule has 0 aliphatic rings. The quantitative estimate of drug-likeness (QED) is 0.561. The second kappa shape index (κ2) is 7.12. The summed E-state index contributed by atoms with van der Waals surface area (Å²) >= 11 is 0. The van der Waals surface area contributed by atoms with Crippen molar-refractivity contribution in [3.63, 3.8) is 0 Å². The lowest BCUT2D eigenvalue weighted by Gasteiger charge is -2.11. The van der Waals surface area contributed by atoms with Gasteiger partial charge in [0, 0.05) is 18.9 Å². The summed E-state index contributed by atoms with van der Waals surface area (Å²) in [4.78, 5) is 11.1. The lowest BCUT2D eigenvalue weighted by atomic mass is 10.2. The van der Waals surface area contributed by atoms with Crippen molar-refractivity contribution < 1.29 is 22.7 Å². The molecule has 0 aliphatic carbocycles. The molecule has 0 radical (unpaired) electrons. The number of hydrogen-bond donors (Lipinski definition) is 1. The van der Waals surface area contributed by atoms with Crippen molar-refractivity contribution in [2.45, 2.75) is 32.0 Å². The molecule has 0 aliphatic heterocycles. The van der Waals surface area contributed by atoms with Crippen molar-refractivity contribution in [3.05, 3.63) is 0 Å². The fourth-order valence-electron chi connectivity index (χ4n) is 0.928. The van der Waals surface area contributed by atoms with E-state index in [0.717, 1.165) is 0 Å². The Labute approximate surface area is 92.3 Å². The number of rotatable bonds is 6. The zero-order chi connectivity index (χ0) is 12.6. The number of amides is 1. The van der Waals surface area contributed by atoms with Gasteiger partial charge in [-0.25, -0.2) is 0 Å². The van der Waals surface area contributed by atoms with Crippen LogP contribution in [-0.2, 0) is 9.53 Å². The highest BCUT2D eigenvalue weighted by Crippen LogP contribution is 2.14. The Hall–Kier alpha value is -1.22. The number of terminal acetylenes is 1. The minimum Gasteiger partial charge on any atom is -0.372 e. The standard InChI is InChI=1S/C10H14F3NO2/c1-3-4-8(2)14-9(15)5-6-16-7-10(11,12)13/h1,8H,4-7H2,2H3,(H,14,15). The fourth-order valence-corrected chi connectivity index (χ4v) is 0.928. The van der Waals surface area contributed by atoms with Crippen LogP contribution in [0.5, 0.6) is 0 Å². The monoisotopic (exact) mass is 237 g/mol. The summed E-state index contributed by atoms with van der Waals surface area (Å²) in [5.41, 5.74) is 0. The number of alkyl halides is 3. The van der Waals surface area contributed by atoms with E-state index in [-0.39, 0.29) is 25.0 Å². The maximum atomic E-state index is 11.6. The molecule has 0 bridgehead atoms. The van der Waals surface area contributed by atoms with Crippen LogP contribution in [0, 0.1) is 12.3 Å². The van der Waals surface area contributed by atoms with Crippen LogP contribution >= 0.6 is 0 Å². The summed E-state index contributed by atoms with van der Waals surface area (Å²) in [7, 11) is 0. The Bertz CT molecular complexity index is 258. The van der Waals surface area contributed by atoms with Crippen LogP contribution in [-0.4, -0.2) is 31.3 Å². The molecular formula is C10H14F3NO2. The zero-order valence-electron chi connectivity index (χ0n) is 8.93. The Kier molecular flexibility index (Phi) is 6.58. The maximum absolute atomic E-state index is 11.6. The highest BCUT2D eigenvalue weighted by atomic mass is 19.4. The van der Waals surface area contributed by atoms with E-state index >= 15 is 0 Å². The minimum atomic E-state index is -4.35. The molecule has 3 nitrogen and oxygen atoms in total. The predicted molar refractivity (Wildman–Crippen MR) is 52.5 cm³/mol. The van der Waals surface area contributed by atoms with Gasteiger partial charge in [0.1, 0.15) is 6.61 Å². The van der Waals surface area contributed by atoms with E-state index in [4.69, 9.17) is 6.42 Å². The Balaban J connectivity index is 3.56. The largest absolute Gasteiger partial charge is 0.411 e. The molecule has 16 heavy (non-hydrogen) atoms. The first-order valence-electron chi connectivity index (χ1n) is 4.72. The van der Waals surface area contributed by atoms with Crippen molar-refractivity contribution in [2.24, 2.45) is 0 Å². The number of halogens is 3. The molecule has 0 aromatic carbocycles. The molecule has 0 saturated heterocycles. The smallest absolute Gasteiger partial charge is 0.372 e. The highest BCUT2D eigenvalue weighted by molar-refractivity contribution is 5.76. The van der Waals surface area contributed by atoms with Crippen LogP contribution in [0.4, 0.5) is 13.2 Å². The number of carbonyl (C=O) groups is 1. The fraction of sp³-hybridized carbons (Fsp3) is 0.700. The van der Waals surface area contributed by atoms with Crippen molar-refractivity contribution >= 4 is 5.91 Å². The molecule has 1 atom stereocenters. The van der Waals surface area contributed by atoms with E-state index in [9.17, 15) is 18.0 Å². The Morgan fingerprint density at radius 3 is 2.69 bits per heavy atom. The third-order valence-electron chi connectivity index (χ3n) is 1.57. The van der Waals surface area contributed by atoms with Crippen LogP contribution in [0.25, 0.3) is 0 Å². The van der Waals surface area contributed by atoms with Crippen LogP contribution in [0.2, 0.25) is 0 Å². The average Bonchev–Trinajstić information content (AvgIpc) is 2.11. The molecular weight excluding hydrogens is 223 g/mol. The van der Waals surface area contributed by atoms with Crippen LogP contribution in [0.15, 0.2) is 0 Å². The van der Waals surface area contributed by atoms with Gasteiger partial charge in [-0.2, -0.15) is 13.2 Å². The third-order valence-corrected chi connectivity index (χ3v) is 1.57. The Morgan fingerprint density at radius 2 is 2.19 bits per heavy atom. The van der Waals surface area contributed by atoms with Gasteiger partial charge in [-0.05, 0) is 6.92 Å². The maximum Gasteiger partial charge on any atom is 0.411 e. The second-order valence-electron chi connectivity index (χ2n) is 3.29. The molecule has 0 saturated carbocycles. The molecule has 1 N–H and O–H groups in total. The van der Waals surface area contributed by atoms with Gasteiger partial charge in [-0.1, -0.05) is 0 Å². The van der Waals surface area contributed by atoms with Gasteiger partial charge in [0.05, 0.1) is 6.61 Å². The van der Waals surface area contributed by atoms with E-state index in [1.54, 1.807) is 6.92 Å². The molecule has 0 aromatic heterocycles. The summed E-state index contributed by atoms with van der Waals surface area (Å²) in [5, 5.41) is 2.54. The first-order chi connectivity index (χ1) is 7.35. The summed E-state index contributed by atoms with van der Waals surface area (Å²) in [6, 6.07) is -0.180. The molecule has 0 heterocycles. The lowest BCUT2D eigenvalue weighted by Crippen LogP contribution is -2.33. The zero-order valence-corrected chi connectivity index (χ0v) is 8.93. The topological polar surface area (TPSA) is 38.3 Å². The number of hydrogen-bond acceptors (Lipinski definition) is 2. The normalized spacial score (nSPS) is 12.9. The first kappa shape index (κ1) is 14.8. The van der Waals surface area contributed by atoms with Gasteiger partial charge < -0.3 is 10.1 Å². The van der Waals surface area contributed by atoms with Crippen molar-refractivity contribution in [3.8, 4) is 12.3 Å².